The number of halogens is 2. The lowest BCUT2D eigenvalue weighted by molar-refractivity contribution is 1.13. The van der Waals surface area contributed by atoms with Crippen molar-refractivity contribution in [3.8, 4) is 0 Å². The Balaban J connectivity index is 2.24. The van der Waals surface area contributed by atoms with Crippen molar-refractivity contribution in [3.05, 3.63) is 71.3 Å². The zero-order chi connectivity index (χ0) is 11.4. The van der Waals surface area contributed by atoms with Gasteiger partial charge in [0, 0.05) is 5.88 Å². The Labute approximate surface area is 106 Å². The summed E-state index contributed by atoms with van der Waals surface area (Å²) in [6.07, 6.45) is 0. The highest BCUT2D eigenvalue weighted by Gasteiger charge is 2.09. The number of benzene rings is 2. The number of alkyl halides is 2. The summed E-state index contributed by atoms with van der Waals surface area (Å²) in [6.45, 7) is 0. The van der Waals surface area contributed by atoms with Gasteiger partial charge in [-0.2, -0.15) is 0 Å². The minimum atomic E-state index is -0.0921. The standard InChI is InChI=1S/C14H12Cl2/c15-10-11-6-8-13(9-7-11)14(16)12-4-2-1-3-5-12/h1-9,14H,10H2. The second-order valence-electron chi connectivity index (χ2n) is 3.65. The van der Waals surface area contributed by atoms with Crippen LogP contribution in [0.4, 0.5) is 0 Å². The maximum Gasteiger partial charge on any atom is 0.0835 e. The molecule has 0 fully saturated rings. The van der Waals surface area contributed by atoms with Gasteiger partial charge in [0.1, 0.15) is 0 Å². The summed E-state index contributed by atoms with van der Waals surface area (Å²) in [5.41, 5.74) is 3.33. The minimum Gasteiger partial charge on any atom is -0.122 e. The Morgan fingerprint density at radius 1 is 0.812 bits per heavy atom. The fourth-order valence-corrected chi connectivity index (χ4v) is 2.06. The molecule has 0 bridgehead atoms. The normalized spacial score (nSPS) is 12.4. The fraction of sp³-hybridized carbons (Fsp3) is 0.143. The highest BCUT2D eigenvalue weighted by atomic mass is 35.5. The van der Waals surface area contributed by atoms with Crippen LogP contribution in [0, 0.1) is 0 Å². The smallest absolute Gasteiger partial charge is 0.0835 e. The summed E-state index contributed by atoms with van der Waals surface area (Å²) in [5, 5.41) is -0.0921. The van der Waals surface area contributed by atoms with Gasteiger partial charge in [0.15, 0.2) is 0 Å². The Morgan fingerprint density at radius 3 is 1.94 bits per heavy atom. The zero-order valence-electron chi connectivity index (χ0n) is 8.74. The van der Waals surface area contributed by atoms with E-state index in [1.807, 2.05) is 54.6 Å². The van der Waals surface area contributed by atoms with Gasteiger partial charge in [0.25, 0.3) is 0 Å². The van der Waals surface area contributed by atoms with Crippen LogP contribution in [0.3, 0.4) is 0 Å². The third-order valence-electron chi connectivity index (χ3n) is 2.52. The van der Waals surface area contributed by atoms with Crippen molar-refractivity contribution in [3.63, 3.8) is 0 Å². The third-order valence-corrected chi connectivity index (χ3v) is 3.33. The SMILES string of the molecule is ClCc1ccc(C(Cl)c2ccccc2)cc1. The van der Waals surface area contributed by atoms with Crippen LogP contribution in [0.1, 0.15) is 22.1 Å². The molecule has 0 aliphatic carbocycles. The lowest BCUT2D eigenvalue weighted by Gasteiger charge is -2.10. The van der Waals surface area contributed by atoms with Gasteiger partial charge in [-0.15, -0.1) is 23.2 Å². The summed E-state index contributed by atoms with van der Waals surface area (Å²) in [7, 11) is 0. The molecule has 2 heteroatoms. The van der Waals surface area contributed by atoms with E-state index in [1.54, 1.807) is 0 Å². The lowest BCUT2D eigenvalue weighted by Crippen LogP contribution is -1.92. The highest BCUT2D eigenvalue weighted by molar-refractivity contribution is 6.22. The molecule has 0 aliphatic heterocycles. The van der Waals surface area contributed by atoms with Crippen LogP contribution in [0.5, 0.6) is 0 Å². The molecule has 16 heavy (non-hydrogen) atoms. The molecule has 0 saturated heterocycles. The van der Waals surface area contributed by atoms with E-state index in [0.717, 1.165) is 16.7 Å². The largest absolute Gasteiger partial charge is 0.122 e. The number of hydrogen-bond donors (Lipinski definition) is 0. The Hall–Kier alpha value is -0.980. The van der Waals surface area contributed by atoms with Gasteiger partial charge in [-0.25, -0.2) is 0 Å². The lowest BCUT2D eigenvalue weighted by atomic mass is 10.0. The van der Waals surface area contributed by atoms with E-state index in [1.165, 1.54) is 0 Å². The topological polar surface area (TPSA) is 0 Å². The summed E-state index contributed by atoms with van der Waals surface area (Å²) in [4.78, 5) is 0. The van der Waals surface area contributed by atoms with Crippen molar-refractivity contribution >= 4 is 23.2 Å². The maximum atomic E-state index is 6.39. The van der Waals surface area contributed by atoms with E-state index in [4.69, 9.17) is 23.2 Å². The van der Waals surface area contributed by atoms with Crippen molar-refractivity contribution < 1.29 is 0 Å². The molecule has 2 rings (SSSR count). The average Bonchev–Trinajstić information content (AvgIpc) is 2.39. The molecule has 0 aromatic heterocycles. The van der Waals surface area contributed by atoms with Crippen LogP contribution >= 0.6 is 23.2 Å². The molecule has 0 nitrogen and oxygen atoms in total. The van der Waals surface area contributed by atoms with Gasteiger partial charge in [-0.1, -0.05) is 54.6 Å². The predicted octanol–water partition coefficient (Wildman–Crippen LogP) is 4.75. The van der Waals surface area contributed by atoms with E-state index >= 15 is 0 Å². The quantitative estimate of drug-likeness (QED) is 0.690. The summed E-state index contributed by atoms with van der Waals surface area (Å²) < 4.78 is 0. The average molecular weight is 251 g/mol. The molecular weight excluding hydrogens is 239 g/mol. The Kier molecular flexibility index (Phi) is 3.87. The Morgan fingerprint density at radius 2 is 1.38 bits per heavy atom. The van der Waals surface area contributed by atoms with Gasteiger partial charge in [-0.05, 0) is 16.7 Å². The van der Waals surface area contributed by atoms with Crippen molar-refractivity contribution in [1.29, 1.82) is 0 Å². The number of hydrogen-bond acceptors (Lipinski definition) is 0. The van der Waals surface area contributed by atoms with Crippen LogP contribution in [0.2, 0.25) is 0 Å². The molecule has 2 aromatic rings. The van der Waals surface area contributed by atoms with E-state index in [9.17, 15) is 0 Å². The first kappa shape index (κ1) is 11.5. The summed E-state index contributed by atoms with van der Waals surface area (Å²) in [6, 6.07) is 18.1. The molecular formula is C14H12Cl2. The Bertz CT molecular complexity index is 434. The molecule has 0 spiro atoms. The van der Waals surface area contributed by atoms with Gasteiger partial charge < -0.3 is 0 Å². The molecule has 0 aliphatic rings. The maximum absolute atomic E-state index is 6.39. The number of rotatable bonds is 3. The highest BCUT2D eigenvalue weighted by Crippen LogP contribution is 2.28. The van der Waals surface area contributed by atoms with Crippen LogP contribution in [0.25, 0.3) is 0 Å². The molecule has 0 radical (unpaired) electrons. The van der Waals surface area contributed by atoms with Gasteiger partial charge in [-0.3, -0.25) is 0 Å². The monoisotopic (exact) mass is 250 g/mol. The molecule has 0 N–H and O–H groups in total. The first-order valence-electron chi connectivity index (χ1n) is 5.15. The van der Waals surface area contributed by atoms with E-state index in [-0.39, 0.29) is 5.38 Å². The van der Waals surface area contributed by atoms with E-state index in [2.05, 4.69) is 0 Å². The second kappa shape index (κ2) is 5.38. The summed E-state index contributed by atoms with van der Waals surface area (Å²) in [5.74, 6) is 0.540. The van der Waals surface area contributed by atoms with Crippen molar-refractivity contribution in [1.82, 2.24) is 0 Å². The zero-order valence-corrected chi connectivity index (χ0v) is 10.2. The molecule has 0 saturated carbocycles. The van der Waals surface area contributed by atoms with Crippen LogP contribution in [-0.2, 0) is 5.88 Å². The molecule has 1 unspecified atom stereocenters. The van der Waals surface area contributed by atoms with Crippen molar-refractivity contribution in [2.45, 2.75) is 11.3 Å². The molecule has 0 amide bonds. The van der Waals surface area contributed by atoms with E-state index < -0.39 is 0 Å². The fourth-order valence-electron chi connectivity index (χ4n) is 1.59. The minimum absolute atomic E-state index is 0.0921. The van der Waals surface area contributed by atoms with Crippen molar-refractivity contribution in [2.75, 3.05) is 0 Å². The molecule has 2 aromatic carbocycles. The van der Waals surface area contributed by atoms with Gasteiger partial charge in [0.2, 0.25) is 0 Å². The molecule has 0 heterocycles. The van der Waals surface area contributed by atoms with Crippen LogP contribution in [-0.4, -0.2) is 0 Å². The molecule has 82 valence electrons. The van der Waals surface area contributed by atoms with E-state index in [0.29, 0.717) is 5.88 Å². The van der Waals surface area contributed by atoms with Crippen LogP contribution in [0.15, 0.2) is 54.6 Å². The summed E-state index contributed by atoms with van der Waals surface area (Å²) >= 11 is 12.1. The van der Waals surface area contributed by atoms with Crippen LogP contribution < -0.4 is 0 Å². The second-order valence-corrected chi connectivity index (χ2v) is 4.35. The first-order valence-corrected chi connectivity index (χ1v) is 6.12. The molecule has 1 atom stereocenters. The predicted molar refractivity (Wildman–Crippen MR) is 70.1 cm³/mol. The van der Waals surface area contributed by atoms with Crippen molar-refractivity contribution in [2.24, 2.45) is 0 Å². The van der Waals surface area contributed by atoms with Gasteiger partial charge >= 0.3 is 0 Å². The van der Waals surface area contributed by atoms with Gasteiger partial charge in [0.05, 0.1) is 5.38 Å². The first-order chi connectivity index (χ1) is 7.81. The third kappa shape index (κ3) is 2.58.